The van der Waals surface area contributed by atoms with Gasteiger partial charge in [-0.05, 0) is 12.1 Å². The van der Waals surface area contributed by atoms with E-state index in [4.69, 9.17) is 0 Å². The minimum atomic E-state index is -1.31. The van der Waals surface area contributed by atoms with Crippen LogP contribution < -0.4 is 0 Å². The van der Waals surface area contributed by atoms with E-state index in [9.17, 15) is 9.90 Å². The van der Waals surface area contributed by atoms with Gasteiger partial charge in [0, 0.05) is 11.1 Å². The zero-order chi connectivity index (χ0) is 14.8. The number of methoxy groups -OCH3 is 1. The van der Waals surface area contributed by atoms with E-state index in [0.717, 1.165) is 20.8 Å². The first-order valence-electron chi connectivity index (χ1n) is 6.41. The standard InChI is InChI=1S/C16H13NO3S/c1-20-16(19)14(18)10-6-2-3-7-11(10)15-17-12-8-4-5-9-13(12)21-15/h2-9,14,18H,1H3. The molecule has 1 aromatic heterocycles. The number of carbonyl (C=O) groups excluding carboxylic acids is 1. The number of carbonyl (C=O) groups is 1. The summed E-state index contributed by atoms with van der Waals surface area (Å²) in [4.78, 5) is 16.1. The zero-order valence-corrected chi connectivity index (χ0v) is 12.1. The summed E-state index contributed by atoms with van der Waals surface area (Å²) in [6, 6.07) is 15.0. The molecule has 0 saturated heterocycles. The molecule has 3 aromatic rings. The average Bonchev–Trinajstić information content (AvgIpc) is 2.97. The Morgan fingerprint density at radius 1 is 1.19 bits per heavy atom. The van der Waals surface area contributed by atoms with E-state index < -0.39 is 12.1 Å². The minimum absolute atomic E-state index is 0.503. The Labute approximate surface area is 125 Å². The summed E-state index contributed by atoms with van der Waals surface area (Å²) in [6.45, 7) is 0. The van der Waals surface area contributed by atoms with E-state index in [0.29, 0.717) is 5.56 Å². The molecule has 1 heterocycles. The van der Waals surface area contributed by atoms with Gasteiger partial charge in [-0.25, -0.2) is 9.78 Å². The summed E-state index contributed by atoms with van der Waals surface area (Å²) >= 11 is 1.53. The first kappa shape index (κ1) is 13.7. The molecule has 1 atom stereocenters. The molecule has 5 heteroatoms. The third-order valence-electron chi connectivity index (χ3n) is 3.20. The molecular weight excluding hydrogens is 286 g/mol. The lowest BCUT2D eigenvalue weighted by Crippen LogP contribution is -2.14. The van der Waals surface area contributed by atoms with Gasteiger partial charge in [0.25, 0.3) is 0 Å². The van der Waals surface area contributed by atoms with Gasteiger partial charge in [0.15, 0.2) is 6.10 Å². The van der Waals surface area contributed by atoms with Crippen LogP contribution in [0.3, 0.4) is 0 Å². The molecule has 1 unspecified atom stereocenters. The quantitative estimate of drug-likeness (QED) is 0.755. The van der Waals surface area contributed by atoms with Crippen molar-refractivity contribution in [3.05, 3.63) is 54.1 Å². The number of hydrogen-bond acceptors (Lipinski definition) is 5. The highest BCUT2D eigenvalue weighted by Crippen LogP contribution is 2.34. The summed E-state index contributed by atoms with van der Waals surface area (Å²) in [5, 5.41) is 10.9. The molecule has 0 saturated carbocycles. The largest absolute Gasteiger partial charge is 0.467 e. The van der Waals surface area contributed by atoms with Crippen LogP contribution in [0.5, 0.6) is 0 Å². The van der Waals surface area contributed by atoms with Gasteiger partial charge in [0.1, 0.15) is 5.01 Å². The minimum Gasteiger partial charge on any atom is -0.467 e. The van der Waals surface area contributed by atoms with Crippen molar-refractivity contribution in [2.24, 2.45) is 0 Å². The Morgan fingerprint density at radius 2 is 1.90 bits per heavy atom. The fraction of sp³-hybridized carbons (Fsp3) is 0.125. The summed E-state index contributed by atoms with van der Waals surface area (Å²) in [5.74, 6) is -0.677. The molecule has 0 aliphatic heterocycles. The third-order valence-corrected chi connectivity index (χ3v) is 4.27. The number of rotatable bonds is 3. The molecule has 2 aromatic carbocycles. The number of thiazole rings is 1. The van der Waals surface area contributed by atoms with Gasteiger partial charge in [-0.2, -0.15) is 0 Å². The lowest BCUT2D eigenvalue weighted by Gasteiger charge is -2.12. The van der Waals surface area contributed by atoms with Gasteiger partial charge < -0.3 is 9.84 Å². The van der Waals surface area contributed by atoms with Gasteiger partial charge in [0.2, 0.25) is 0 Å². The molecule has 0 radical (unpaired) electrons. The van der Waals surface area contributed by atoms with Crippen molar-refractivity contribution in [3.63, 3.8) is 0 Å². The van der Waals surface area contributed by atoms with Crippen molar-refractivity contribution in [3.8, 4) is 10.6 Å². The van der Waals surface area contributed by atoms with Crippen molar-refractivity contribution < 1.29 is 14.6 Å². The number of hydrogen-bond donors (Lipinski definition) is 1. The molecule has 0 aliphatic carbocycles. The smallest absolute Gasteiger partial charge is 0.339 e. The van der Waals surface area contributed by atoms with E-state index in [-0.39, 0.29) is 0 Å². The normalized spacial score (nSPS) is 12.3. The summed E-state index contributed by atoms with van der Waals surface area (Å²) < 4.78 is 5.67. The monoisotopic (exact) mass is 299 g/mol. The van der Waals surface area contributed by atoms with E-state index >= 15 is 0 Å². The second kappa shape index (κ2) is 5.63. The Hall–Kier alpha value is -2.24. The molecule has 3 rings (SSSR count). The van der Waals surface area contributed by atoms with E-state index in [1.165, 1.54) is 18.4 Å². The first-order valence-corrected chi connectivity index (χ1v) is 7.23. The Balaban J connectivity index is 2.12. The molecule has 0 amide bonds. The van der Waals surface area contributed by atoms with Gasteiger partial charge in [-0.3, -0.25) is 0 Å². The summed E-state index contributed by atoms with van der Waals surface area (Å²) in [5.41, 5.74) is 2.15. The van der Waals surface area contributed by atoms with Crippen molar-refractivity contribution in [1.29, 1.82) is 0 Å². The molecule has 4 nitrogen and oxygen atoms in total. The number of para-hydroxylation sites is 1. The highest BCUT2D eigenvalue weighted by Gasteiger charge is 2.22. The van der Waals surface area contributed by atoms with Crippen LogP contribution in [0.25, 0.3) is 20.8 Å². The average molecular weight is 299 g/mol. The maximum Gasteiger partial charge on any atom is 0.339 e. The molecule has 1 N–H and O–H groups in total. The lowest BCUT2D eigenvalue weighted by molar-refractivity contribution is -0.150. The van der Waals surface area contributed by atoms with Gasteiger partial charge in [-0.1, -0.05) is 36.4 Å². The number of ether oxygens (including phenoxy) is 1. The van der Waals surface area contributed by atoms with Crippen molar-refractivity contribution >= 4 is 27.5 Å². The molecule has 0 fully saturated rings. The maximum absolute atomic E-state index is 11.6. The van der Waals surface area contributed by atoms with Crippen molar-refractivity contribution in [2.45, 2.75) is 6.10 Å². The van der Waals surface area contributed by atoms with Gasteiger partial charge >= 0.3 is 5.97 Å². The molecule has 0 aliphatic rings. The van der Waals surface area contributed by atoms with Crippen LogP contribution in [-0.4, -0.2) is 23.2 Å². The number of benzene rings is 2. The Bertz CT molecular complexity index is 764. The summed E-state index contributed by atoms with van der Waals surface area (Å²) in [6.07, 6.45) is -1.31. The second-order valence-electron chi connectivity index (χ2n) is 4.50. The molecular formula is C16H13NO3S. The number of aliphatic hydroxyl groups is 1. The number of aromatic nitrogens is 1. The van der Waals surface area contributed by atoms with Crippen molar-refractivity contribution in [2.75, 3.05) is 7.11 Å². The van der Waals surface area contributed by atoms with Crippen molar-refractivity contribution in [1.82, 2.24) is 4.98 Å². The predicted octanol–water partition coefficient (Wildman–Crippen LogP) is 3.17. The van der Waals surface area contributed by atoms with Gasteiger partial charge in [-0.15, -0.1) is 11.3 Å². The molecule has 0 spiro atoms. The first-order chi connectivity index (χ1) is 10.2. The van der Waals surface area contributed by atoms with E-state index in [1.807, 2.05) is 36.4 Å². The zero-order valence-electron chi connectivity index (χ0n) is 11.3. The fourth-order valence-corrected chi connectivity index (χ4v) is 3.17. The third kappa shape index (κ3) is 2.53. The van der Waals surface area contributed by atoms with Gasteiger partial charge in [0.05, 0.1) is 17.3 Å². The maximum atomic E-state index is 11.6. The van der Waals surface area contributed by atoms with E-state index in [1.54, 1.807) is 12.1 Å². The Kier molecular flexibility index (Phi) is 3.68. The van der Waals surface area contributed by atoms with Crippen LogP contribution in [0, 0.1) is 0 Å². The fourth-order valence-electron chi connectivity index (χ4n) is 2.16. The van der Waals surface area contributed by atoms with Crippen LogP contribution in [0.1, 0.15) is 11.7 Å². The molecule has 21 heavy (non-hydrogen) atoms. The number of aliphatic hydroxyl groups excluding tert-OH is 1. The highest BCUT2D eigenvalue weighted by molar-refractivity contribution is 7.21. The van der Waals surface area contributed by atoms with Crippen LogP contribution in [-0.2, 0) is 9.53 Å². The number of nitrogens with zero attached hydrogens (tertiary/aromatic N) is 1. The number of fused-ring (bicyclic) bond motifs is 1. The molecule has 106 valence electrons. The topological polar surface area (TPSA) is 59.4 Å². The summed E-state index contributed by atoms with van der Waals surface area (Å²) in [7, 11) is 1.26. The van der Waals surface area contributed by atoms with Crippen LogP contribution >= 0.6 is 11.3 Å². The Morgan fingerprint density at radius 3 is 2.67 bits per heavy atom. The number of esters is 1. The van der Waals surface area contributed by atoms with Crippen LogP contribution in [0.2, 0.25) is 0 Å². The molecule has 0 bridgehead atoms. The second-order valence-corrected chi connectivity index (χ2v) is 5.53. The predicted molar refractivity (Wildman–Crippen MR) is 82.0 cm³/mol. The lowest BCUT2D eigenvalue weighted by atomic mass is 10.0. The van der Waals surface area contributed by atoms with E-state index in [2.05, 4.69) is 9.72 Å². The highest BCUT2D eigenvalue weighted by atomic mass is 32.1. The van der Waals surface area contributed by atoms with Crippen LogP contribution in [0.15, 0.2) is 48.5 Å². The van der Waals surface area contributed by atoms with Crippen LogP contribution in [0.4, 0.5) is 0 Å². The SMILES string of the molecule is COC(=O)C(O)c1ccccc1-c1nc2ccccc2s1.